The molecule has 3 aromatic rings. The number of nitrogens with zero attached hydrogens (tertiary/aromatic N) is 5. The largest absolute Gasteiger partial charge is 0.472 e. The second-order valence-corrected chi connectivity index (χ2v) is 17.8. The maximum Gasteiger partial charge on any atom is 0.472 e. The number of fused-ring (bicyclic) bond motifs is 2. The van der Waals surface area contributed by atoms with Crippen LogP contribution in [-0.4, -0.2) is 76.1 Å². The van der Waals surface area contributed by atoms with Crippen LogP contribution in [0.2, 0.25) is 0 Å². The van der Waals surface area contributed by atoms with Crippen molar-refractivity contribution < 1.29 is 42.2 Å². The summed E-state index contributed by atoms with van der Waals surface area (Å²) in [6.45, 7) is 5.56. The lowest BCUT2D eigenvalue weighted by molar-refractivity contribution is -0.217. The molecule has 2 aromatic heterocycles. The first-order chi connectivity index (χ1) is 29.0. The van der Waals surface area contributed by atoms with E-state index in [1.54, 1.807) is 44.3 Å². The van der Waals surface area contributed by atoms with E-state index in [-0.39, 0.29) is 25.6 Å². The van der Waals surface area contributed by atoms with Crippen LogP contribution in [0.15, 0.2) is 42.9 Å². The molecule has 2 aliphatic rings. The van der Waals surface area contributed by atoms with Gasteiger partial charge < -0.3 is 34.3 Å². The van der Waals surface area contributed by atoms with Gasteiger partial charge in [-0.25, -0.2) is 14.5 Å². The summed E-state index contributed by atoms with van der Waals surface area (Å²) in [5, 5.41) is 20.7. The molecule has 0 radical (unpaired) electrons. The summed E-state index contributed by atoms with van der Waals surface area (Å²) in [6.07, 6.45) is 19.8. The minimum atomic E-state index is -4.70. The summed E-state index contributed by atoms with van der Waals surface area (Å²) in [5.41, 5.74) is 5.76. The normalized spacial score (nSPS) is 22.3. The first-order valence-electron chi connectivity index (χ1n) is 21.8. The van der Waals surface area contributed by atoms with Gasteiger partial charge in [0.1, 0.15) is 42.2 Å². The van der Waals surface area contributed by atoms with Crippen molar-refractivity contribution in [3.8, 4) is 12.1 Å². The molecular formula is C44H65N6O9P. The third-order valence-electron chi connectivity index (χ3n) is 11.1. The summed E-state index contributed by atoms with van der Waals surface area (Å²) in [7, 11) is -4.70. The van der Waals surface area contributed by atoms with Crippen molar-refractivity contribution in [2.45, 2.75) is 166 Å². The number of hydrogen-bond acceptors (Lipinski definition) is 13. The zero-order valence-electron chi connectivity index (χ0n) is 35.7. The molecule has 15 nitrogen and oxygen atoms in total. The molecule has 0 saturated carbocycles. The summed E-state index contributed by atoms with van der Waals surface area (Å²) >= 11 is 0. The lowest BCUT2D eigenvalue weighted by Gasteiger charge is -2.30. The lowest BCUT2D eigenvalue weighted by atomic mass is 10.0. The maximum absolute atomic E-state index is 13.3. The number of phosphoric ester groups is 1. The number of hydrogen-bond donors (Lipinski definition) is 2. The Kier molecular flexibility index (Phi) is 18.8. The Morgan fingerprint density at radius 3 is 2.18 bits per heavy atom. The Balaban J connectivity index is 1.07. The van der Waals surface area contributed by atoms with Crippen molar-refractivity contribution in [2.24, 2.45) is 0 Å². The van der Waals surface area contributed by atoms with Gasteiger partial charge in [-0.3, -0.25) is 13.6 Å². The molecule has 2 aliphatic heterocycles. The molecule has 60 heavy (non-hydrogen) atoms. The average molecular weight is 853 g/mol. The van der Waals surface area contributed by atoms with Gasteiger partial charge in [0.2, 0.25) is 0 Å². The van der Waals surface area contributed by atoms with Gasteiger partial charge in [0, 0.05) is 12.8 Å². The third kappa shape index (κ3) is 13.5. The van der Waals surface area contributed by atoms with Gasteiger partial charge in [-0.15, -0.1) is 0 Å². The Hall–Kier alpha value is -3.47. The molecule has 0 aliphatic carbocycles. The van der Waals surface area contributed by atoms with Crippen LogP contribution in [0.3, 0.4) is 0 Å². The van der Waals surface area contributed by atoms with Gasteiger partial charge in [-0.1, -0.05) is 121 Å². The number of rotatable bonds is 29. The van der Waals surface area contributed by atoms with E-state index in [0.717, 1.165) is 19.3 Å². The fourth-order valence-electron chi connectivity index (χ4n) is 7.89. The van der Waals surface area contributed by atoms with Crippen LogP contribution in [0.1, 0.15) is 135 Å². The number of benzene rings is 1. The Labute approximate surface area is 355 Å². The molecule has 1 aromatic carbocycles. The highest BCUT2D eigenvalue weighted by molar-refractivity contribution is 7.47. The first kappa shape index (κ1) is 47.6. The molecule has 4 heterocycles. The van der Waals surface area contributed by atoms with E-state index >= 15 is 0 Å². The van der Waals surface area contributed by atoms with Crippen LogP contribution in [0.5, 0.6) is 0 Å². The van der Waals surface area contributed by atoms with E-state index in [1.807, 2.05) is 6.07 Å². The van der Waals surface area contributed by atoms with Crippen molar-refractivity contribution in [3.05, 3.63) is 54.0 Å². The molecule has 2 fully saturated rings. The van der Waals surface area contributed by atoms with Crippen molar-refractivity contribution in [1.29, 1.82) is 10.5 Å². The number of nitriles is 2. The molecule has 2 saturated heterocycles. The smallest absolute Gasteiger partial charge is 0.383 e. The van der Waals surface area contributed by atoms with Crippen LogP contribution in [0.25, 0.3) is 11.0 Å². The van der Waals surface area contributed by atoms with Gasteiger partial charge in [0.15, 0.2) is 11.9 Å². The van der Waals surface area contributed by atoms with Crippen LogP contribution in [-0.2, 0) is 49.6 Å². The Bertz CT molecular complexity index is 1900. The number of aromatic nitrogens is 3. The van der Waals surface area contributed by atoms with Gasteiger partial charge in [-0.05, 0) is 38.0 Å². The standard InChI is InChI=1S/C44H65N6O9P/c1-4-5-6-7-8-9-10-11-12-13-14-15-16-17-18-21-26-53-29-36(54-28-35-23-20-19-22-34(35)27-45)30-55-60(51,52)56-31-38-39-40(59-43(2,3)58-39)44(32-46,57-38)50-25-24-37-41(47)48-33-49-42(37)50/h19-20,22-25,33,36,38-40H,4-18,21,26,28-31H2,1-3H3,(H,51,52)(H2,47,48,49)/t36-,38-,39-,40-,44-/m1/s1. The summed E-state index contributed by atoms with van der Waals surface area (Å²) in [5.74, 6) is -0.873. The zero-order valence-corrected chi connectivity index (χ0v) is 36.6. The van der Waals surface area contributed by atoms with Gasteiger partial charge in [0.25, 0.3) is 5.72 Å². The van der Waals surface area contributed by atoms with Gasteiger partial charge in [0.05, 0.1) is 43.4 Å². The minimum absolute atomic E-state index is 0.0732. The topological polar surface area (TPSA) is 206 Å². The van der Waals surface area contributed by atoms with Crippen LogP contribution in [0.4, 0.5) is 5.82 Å². The van der Waals surface area contributed by atoms with Crippen molar-refractivity contribution in [2.75, 3.05) is 32.2 Å². The molecule has 0 bridgehead atoms. The van der Waals surface area contributed by atoms with Crippen molar-refractivity contribution in [3.63, 3.8) is 0 Å². The highest BCUT2D eigenvalue weighted by atomic mass is 31.2. The molecule has 0 amide bonds. The summed E-state index contributed by atoms with van der Waals surface area (Å²) in [6, 6.07) is 13.1. The molecule has 1 unspecified atom stereocenters. The monoisotopic (exact) mass is 852 g/mol. The second-order valence-electron chi connectivity index (χ2n) is 16.3. The van der Waals surface area contributed by atoms with E-state index in [0.29, 0.717) is 28.8 Å². The Morgan fingerprint density at radius 2 is 1.53 bits per heavy atom. The average Bonchev–Trinajstić information content (AvgIpc) is 3.91. The minimum Gasteiger partial charge on any atom is -0.383 e. The number of unbranched alkanes of at least 4 members (excludes halogenated alkanes) is 15. The zero-order chi connectivity index (χ0) is 42.9. The number of phosphoric acid groups is 1. The number of nitrogens with two attached hydrogens (primary N) is 1. The van der Waals surface area contributed by atoms with Gasteiger partial charge in [-0.2, -0.15) is 10.5 Å². The fourth-order valence-corrected chi connectivity index (χ4v) is 8.65. The molecule has 5 rings (SSSR count). The van der Waals surface area contributed by atoms with Crippen LogP contribution in [0, 0.1) is 22.7 Å². The van der Waals surface area contributed by atoms with Crippen LogP contribution >= 0.6 is 7.82 Å². The SMILES string of the molecule is CCCCCCCCCCCCCCCCCCOC[C@H](COP(=O)(O)OC[C@H]1O[C@@](C#N)(n2ccc3c(N)ncnc32)[C@@H]2OC(C)(C)O[C@@H]21)OCc1ccccc1C#N. The predicted molar refractivity (Wildman–Crippen MR) is 226 cm³/mol. The number of ether oxygens (including phenoxy) is 5. The highest BCUT2D eigenvalue weighted by Gasteiger charge is 2.65. The summed E-state index contributed by atoms with van der Waals surface area (Å²) < 4.78 is 56.4. The second kappa shape index (κ2) is 23.7. The van der Waals surface area contributed by atoms with Crippen molar-refractivity contribution >= 4 is 24.7 Å². The Morgan fingerprint density at radius 1 is 0.883 bits per heavy atom. The molecule has 16 heteroatoms. The molecule has 6 atom stereocenters. The van der Waals surface area contributed by atoms with E-state index in [9.17, 15) is 20.0 Å². The highest BCUT2D eigenvalue weighted by Crippen LogP contribution is 2.50. The lowest BCUT2D eigenvalue weighted by Crippen LogP contribution is -2.44. The van der Waals surface area contributed by atoms with E-state index in [1.165, 1.54) is 94.4 Å². The first-order valence-corrected chi connectivity index (χ1v) is 23.3. The number of anilines is 1. The molecule has 3 N–H and O–H groups in total. The molecule has 330 valence electrons. The van der Waals surface area contributed by atoms with E-state index < -0.39 is 50.4 Å². The number of nitrogen functional groups attached to an aromatic ring is 1. The predicted octanol–water partition coefficient (Wildman–Crippen LogP) is 8.98. The quantitative estimate of drug-likeness (QED) is 0.0494. The molecular weight excluding hydrogens is 787 g/mol. The summed E-state index contributed by atoms with van der Waals surface area (Å²) in [4.78, 5) is 19.2. The molecule has 0 spiro atoms. The van der Waals surface area contributed by atoms with Crippen LogP contribution < -0.4 is 5.73 Å². The maximum atomic E-state index is 13.3. The van der Waals surface area contributed by atoms with E-state index in [4.69, 9.17) is 38.5 Å². The van der Waals surface area contributed by atoms with E-state index in [2.05, 4.69) is 29.0 Å². The fraction of sp³-hybridized carbons (Fsp3) is 0.682. The van der Waals surface area contributed by atoms with Gasteiger partial charge >= 0.3 is 7.82 Å². The third-order valence-corrected chi connectivity index (χ3v) is 12.1. The van der Waals surface area contributed by atoms with Crippen molar-refractivity contribution in [1.82, 2.24) is 14.5 Å².